The Balaban J connectivity index is 1.73. The summed E-state index contributed by atoms with van der Waals surface area (Å²) < 4.78 is 6.71. The van der Waals surface area contributed by atoms with Gasteiger partial charge in [0.05, 0.1) is 6.10 Å². The van der Waals surface area contributed by atoms with Crippen molar-refractivity contribution in [3.8, 4) is 0 Å². The molecule has 3 nitrogen and oxygen atoms in total. The maximum absolute atomic E-state index is 5.60. The molecule has 0 radical (unpaired) electrons. The lowest BCUT2D eigenvalue weighted by Crippen LogP contribution is -2.39. The minimum absolute atomic E-state index is 0.364. The molecule has 1 aromatic carbocycles. The Bertz CT molecular complexity index is 369. The molecule has 4 heteroatoms. The molecule has 0 amide bonds. The van der Waals surface area contributed by atoms with Gasteiger partial charge in [0.25, 0.3) is 0 Å². The molecule has 2 unspecified atom stereocenters. The van der Waals surface area contributed by atoms with E-state index in [1.807, 2.05) is 0 Å². The van der Waals surface area contributed by atoms with Gasteiger partial charge in [0.2, 0.25) is 0 Å². The van der Waals surface area contributed by atoms with E-state index in [0.29, 0.717) is 12.1 Å². The fourth-order valence-electron chi connectivity index (χ4n) is 2.41. The zero-order valence-electron chi connectivity index (χ0n) is 11.0. The second kappa shape index (κ2) is 6.55. The monoisotopic (exact) mass is 312 g/mol. The van der Waals surface area contributed by atoms with Gasteiger partial charge in [-0.15, -0.1) is 0 Å². The molecule has 1 fully saturated rings. The number of nitrogens with one attached hydrogen (secondary N) is 1. The SMILES string of the molecule is CC1OCCC1N(C)CCNc1ccc(Br)cc1. The maximum atomic E-state index is 5.60. The number of halogens is 1. The summed E-state index contributed by atoms with van der Waals surface area (Å²) >= 11 is 3.44. The first-order chi connectivity index (χ1) is 8.66. The molecule has 100 valence electrons. The van der Waals surface area contributed by atoms with Crippen LogP contribution in [0.3, 0.4) is 0 Å². The van der Waals surface area contributed by atoms with Crippen molar-refractivity contribution < 1.29 is 4.74 Å². The van der Waals surface area contributed by atoms with Crippen LogP contribution >= 0.6 is 15.9 Å². The predicted octanol–water partition coefficient (Wildman–Crippen LogP) is 2.97. The topological polar surface area (TPSA) is 24.5 Å². The third-order valence-electron chi connectivity index (χ3n) is 3.54. The molecule has 1 saturated heterocycles. The second-order valence-corrected chi connectivity index (χ2v) is 5.76. The highest BCUT2D eigenvalue weighted by molar-refractivity contribution is 9.10. The molecule has 2 atom stereocenters. The van der Waals surface area contributed by atoms with E-state index in [4.69, 9.17) is 4.74 Å². The van der Waals surface area contributed by atoms with Crippen LogP contribution in [0.4, 0.5) is 5.69 Å². The van der Waals surface area contributed by atoms with E-state index in [2.05, 4.69) is 64.4 Å². The Kier molecular flexibility index (Phi) is 5.03. The summed E-state index contributed by atoms with van der Waals surface area (Å²) in [6, 6.07) is 8.85. The summed E-state index contributed by atoms with van der Waals surface area (Å²) in [5, 5.41) is 3.44. The van der Waals surface area contributed by atoms with Crippen molar-refractivity contribution in [1.29, 1.82) is 0 Å². The summed E-state index contributed by atoms with van der Waals surface area (Å²) in [5.41, 5.74) is 1.17. The number of ether oxygens (including phenoxy) is 1. The number of rotatable bonds is 5. The number of benzene rings is 1. The van der Waals surface area contributed by atoms with Crippen molar-refractivity contribution in [2.45, 2.75) is 25.5 Å². The van der Waals surface area contributed by atoms with E-state index in [9.17, 15) is 0 Å². The Morgan fingerprint density at radius 3 is 2.72 bits per heavy atom. The smallest absolute Gasteiger partial charge is 0.0702 e. The molecule has 0 saturated carbocycles. The minimum Gasteiger partial charge on any atom is -0.384 e. The minimum atomic E-state index is 0.364. The van der Waals surface area contributed by atoms with Crippen molar-refractivity contribution in [3.63, 3.8) is 0 Å². The highest BCUT2D eigenvalue weighted by atomic mass is 79.9. The predicted molar refractivity (Wildman–Crippen MR) is 79.1 cm³/mol. The summed E-state index contributed by atoms with van der Waals surface area (Å²) in [5.74, 6) is 0. The van der Waals surface area contributed by atoms with Crippen molar-refractivity contribution in [1.82, 2.24) is 4.90 Å². The van der Waals surface area contributed by atoms with Crippen LogP contribution in [-0.2, 0) is 4.74 Å². The molecular formula is C14H21BrN2O. The molecule has 0 aromatic heterocycles. The van der Waals surface area contributed by atoms with Crippen molar-refractivity contribution in [2.75, 3.05) is 32.1 Å². The summed E-state index contributed by atoms with van der Waals surface area (Å²) in [6.45, 7) is 5.06. The zero-order chi connectivity index (χ0) is 13.0. The molecular weight excluding hydrogens is 292 g/mol. The lowest BCUT2D eigenvalue weighted by atomic mass is 10.1. The fraction of sp³-hybridized carbons (Fsp3) is 0.571. The molecule has 1 heterocycles. The summed E-state index contributed by atoms with van der Waals surface area (Å²) in [6.07, 6.45) is 1.51. The van der Waals surface area contributed by atoms with E-state index in [1.54, 1.807) is 0 Å². The van der Waals surface area contributed by atoms with Crippen LogP contribution in [0.5, 0.6) is 0 Å². The molecule has 1 aliphatic heterocycles. The van der Waals surface area contributed by atoms with Crippen LogP contribution in [0.2, 0.25) is 0 Å². The zero-order valence-corrected chi connectivity index (χ0v) is 12.6. The lowest BCUT2D eigenvalue weighted by molar-refractivity contribution is 0.0850. The molecule has 1 aliphatic rings. The van der Waals surface area contributed by atoms with Gasteiger partial charge in [-0.2, -0.15) is 0 Å². The largest absolute Gasteiger partial charge is 0.384 e. The van der Waals surface area contributed by atoms with Crippen molar-refractivity contribution in [2.24, 2.45) is 0 Å². The number of hydrogen-bond donors (Lipinski definition) is 1. The fourth-order valence-corrected chi connectivity index (χ4v) is 2.67. The average molecular weight is 313 g/mol. The van der Waals surface area contributed by atoms with Gasteiger partial charge >= 0.3 is 0 Å². The molecule has 0 bridgehead atoms. The van der Waals surface area contributed by atoms with Gasteiger partial charge in [-0.3, -0.25) is 4.90 Å². The first-order valence-corrected chi connectivity index (χ1v) is 7.27. The van der Waals surface area contributed by atoms with Gasteiger partial charge in [0.1, 0.15) is 0 Å². The molecule has 18 heavy (non-hydrogen) atoms. The Morgan fingerprint density at radius 1 is 1.39 bits per heavy atom. The van der Waals surface area contributed by atoms with E-state index >= 15 is 0 Å². The van der Waals surface area contributed by atoms with Crippen molar-refractivity contribution >= 4 is 21.6 Å². The van der Waals surface area contributed by atoms with Crippen LogP contribution in [0.15, 0.2) is 28.7 Å². The molecule has 1 aromatic rings. The molecule has 1 N–H and O–H groups in total. The van der Waals surface area contributed by atoms with Crippen LogP contribution in [0.25, 0.3) is 0 Å². The summed E-state index contributed by atoms with van der Waals surface area (Å²) in [4.78, 5) is 2.39. The van der Waals surface area contributed by atoms with E-state index < -0.39 is 0 Å². The number of nitrogens with zero attached hydrogens (tertiary/aromatic N) is 1. The van der Waals surface area contributed by atoms with Gasteiger partial charge in [0, 0.05) is 35.9 Å². The third kappa shape index (κ3) is 3.70. The molecule has 0 spiro atoms. The Morgan fingerprint density at radius 2 is 2.11 bits per heavy atom. The van der Waals surface area contributed by atoms with Gasteiger partial charge < -0.3 is 10.1 Å². The summed E-state index contributed by atoms with van der Waals surface area (Å²) in [7, 11) is 2.18. The normalized spacial score (nSPS) is 23.6. The van der Waals surface area contributed by atoms with Crippen LogP contribution in [-0.4, -0.2) is 43.8 Å². The van der Waals surface area contributed by atoms with Crippen LogP contribution in [0.1, 0.15) is 13.3 Å². The van der Waals surface area contributed by atoms with E-state index in [-0.39, 0.29) is 0 Å². The van der Waals surface area contributed by atoms with Crippen molar-refractivity contribution in [3.05, 3.63) is 28.7 Å². The molecule has 2 rings (SSSR count). The maximum Gasteiger partial charge on any atom is 0.0702 e. The Hall–Kier alpha value is -0.580. The van der Waals surface area contributed by atoms with Gasteiger partial charge in [-0.25, -0.2) is 0 Å². The first-order valence-electron chi connectivity index (χ1n) is 6.48. The number of likely N-dealkylation sites (N-methyl/N-ethyl adjacent to an activating group) is 1. The van der Waals surface area contributed by atoms with E-state index in [0.717, 1.165) is 30.6 Å². The third-order valence-corrected chi connectivity index (χ3v) is 4.07. The van der Waals surface area contributed by atoms with Gasteiger partial charge in [-0.1, -0.05) is 15.9 Å². The standard InChI is InChI=1S/C14H21BrN2O/c1-11-14(7-10-18-11)17(2)9-8-16-13-5-3-12(15)4-6-13/h3-6,11,14,16H,7-10H2,1-2H3. The first kappa shape index (κ1) is 13.8. The van der Waals surface area contributed by atoms with Crippen LogP contribution < -0.4 is 5.32 Å². The van der Waals surface area contributed by atoms with Gasteiger partial charge in [-0.05, 0) is 44.7 Å². The average Bonchev–Trinajstić information content (AvgIpc) is 2.78. The Labute approximate surface area is 118 Å². The van der Waals surface area contributed by atoms with Crippen LogP contribution in [0, 0.1) is 0 Å². The number of hydrogen-bond acceptors (Lipinski definition) is 3. The van der Waals surface area contributed by atoms with E-state index in [1.165, 1.54) is 5.69 Å². The second-order valence-electron chi connectivity index (χ2n) is 4.85. The highest BCUT2D eigenvalue weighted by Crippen LogP contribution is 2.18. The quantitative estimate of drug-likeness (QED) is 0.904. The molecule has 0 aliphatic carbocycles. The van der Waals surface area contributed by atoms with Gasteiger partial charge in [0.15, 0.2) is 0 Å². The highest BCUT2D eigenvalue weighted by Gasteiger charge is 2.27. The lowest BCUT2D eigenvalue weighted by Gasteiger charge is -2.26. The number of anilines is 1.